The molecule has 1 aromatic carbocycles. The molecule has 1 aliphatic heterocycles. The van der Waals surface area contributed by atoms with E-state index in [9.17, 15) is 0 Å². The minimum atomic E-state index is 0.0122. The van der Waals surface area contributed by atoms with Gasteiger partial charge in [0.25, 0.3) is 0 Å². The lowest BCUT2D eigenvalue weighted by Gasteiger charge is -2.18. The van der Waals surface area contributed by atoms with Gasteiger partial charge in [0.2, 0.25) is 9.03 Å². The van der Waals surface area contributed by atoms with E-state index in [2.05, 4.69) is 18.2 Å². The summed E-state index contributed by atoms with van der Waals surface area (Å²) in [6.07, 6.45) is 9.98. The zero-order chi connectivity index (χ0) is 10.8. The molecule has 0 N–H and O–H groups in total. The van der Waals surface area contributed by atoms with Crippen molar-refractivity contribution < 1.29 is 9.05 Å². The summed E-state index contributed by atoms with van der Waals surface area (Å²) in [5.41, 5.74) is 1.20. The summed E-state index contributed by atoms with van der Waals surface area (Å²) in [6.45, 7) is 0. The van der Waals surface area contributed by atoms with Crippen molar-refractivity contribution in [3.05, 3.63) is 59.0 Å². The summed E-state index contributed by atoms with van der Waals surface area (Å²) in [7, 11) is 0.0508. The molecule has 1 aromatic rings. The molecule has 3 rings (SSSR count). The first-order chi connectivity index (χ1) is 7.95. The Labute approximate surface area is 95.5 Å². The minimum absolute atomic E-state index is 0.0122. The molecule has 0 fully saturated rings. The van der Waals surface area contributed by atoms with Crippen LogP contribution in [-0.2, 0) is 9.05 Å². The Morgan fingerprint density at radius 3 is 3.06 bits per heavy atom. The summed E-state index contributed by atoms with van der Waals surface area (Å²) in [4.78, 5) is 0. The highest BCUT2D eigenvalue weighted by atomic mass is 31.1. The lowest BCUT2D eigenvalue weighted by molar-refractivity contribution is 0.312. The molecular weight excluding hydrogens is 219 g/mol. The predicted octanol–water partition coefficient (Wildman–Crippen LogP) is 1.63. The number of benzene rings is 1. The average molecular weight is 230 g/mol. The van der Waals surface area contributed by atoms with Crippen molar-refractivity contribution in [3.63, 3.8) is 0 Å². The van der Waals surface area contributed by atoms with Gasteiger partial charge in [-0.15, -0.1) is 0 Å². The second-order valence-corrected chi connectivity index (χ2v) is 4.28. The lowest BCUT2D eigenvalue weighted by Crippen LogP contribution is -2.31. The van der Waals surface area contributed by atoms with E-state index in [1.165, 1.54) is 10.8 Å². The maximum Gasteiger partial charge on any atom is 0.215 e. The van der Waals surface area contributed by atoms with E-state index in [4.69, 9.17) is 9.05 Å². The first-order valence-electron chi connectivity index (χ1n) is 5.16. The molecule has 2 atom stereocenters. The fourth-order valence-corrected chi connectivity index (χ4v) is 2.44. The lowest BCUT2D eigenvalue weighted by atomic mass is 10.0. The third-order valence-electron chi connectivity index (χ3n) is 2.66. The smallest absolute Gasteiger partial charge is 0.215 e. The van der Waals surface area contributed by atoms with Crippen LogP contribution in [0.5, 0.6) is 0 Å². The van der Waals surface area contributed by atoms with Crippen LogP contribution in [0.1, 0.15) is 0 Å². The number of rotatable bonds is 0. The second-order valence-electron chi connectivity index (χ2n) is 3.64. The van der Waals surface area contributed by atoms with Gasteiger partial charge in [-0.2, -0.15) is 0 Å². The Balaban J connectivity index is 2.35. The largest absolute Gasteiger partial charge is 0.457 e. The van der Waals surface area contributed by atoms with Crippen LogP contribution >= 0.6 is 9.03 Å². The van der Waals surface area contributed by atoms with Gasteiger partial charge in [0.15, 0.2) is 0 Å². The molecule has 1 heterocycles. The third kappa shape index (κ3) is 1.71. The van der Waals surface area contributed by atoms with Gasteiger partial charge >= 0.3 is 0 Å². The highest BCUT2D eigenvalue weighted by Crippen LogP contribution is 2.25. The number of hydrogen-bond acceptors (Lipinski definition) is 2. The van der Waals surface area contributed by atoms with Crippen LogP contribution in [0.4, 0.5) is 0 Å². The van der Waals surface area contributed by atoms with Crippen LogP contribution in [-0.4, -0.2) is 6.10 Å². The molecule has 0 bridgehead atoms. The van der Waals surface area contributed by atoms with Crippen LogP contribution in [0.3, 0.4) is 0 Å². The zero-order valence-corrected chi connectivity index (χ0v) is 9.59. The van der Waals surface area contributed by atoms with Gasteiger partial charge in [-0.3, -0.25) is 0 Å². The molecule has 0 saturated carbocycles. The van der Waals surface area contributed by atoms with Crippen molar-refractivity contribution in [1.82, 2.24) is 0 Å². The Hall–Kier alpha value is -1.37. The fourth-order valence-electron chi connectivity index (χ4n) is 1.90. The standard InChI is InChI=1S/C13H11O2P/c1-2-6-11-10(5-1)9-14-16-15-13-8-4-3-7-12(11)13/h1-9,13,16H/b10-9-,12-11-. The molecule has 0 radical (unpaired) electrons. The van der Waals surface area contributed by atoms with E-state index in [0.717, 1.165) is 5.22 Å². The molecule has 0 spiro atoms. The molecule has 16 heavy (non-hydrogen) atoms. The number of allylic oxidation sites excluding steroid dienone is 2. The molecule has 2 aliphatic rings. The molecule has 3 heteroatoms. The third-order valence-corrected chi connectivity index (χ3v) is 3.22. The monoisotopic (exact) mass is 230 g/mol. The van der Waals surface area contributed by atoms with Gasteiger partial charge in [0.05, 0.1) is 6.26 Å². The predicted molar refractivity (Wildman–Crippen MR) is 66.1 cm³/mol. The van der Waals surface area contributed by atoms with Gasteiger partial charge in [-0.05, 0) is 10.8 Å². The Morgan fingerprint density at radius 1 is 1.12 bits per heavy atom. The molecular formula is C13H11O2P. The summed E-state index contributed by atoms with van der Waals surface area (Å²) in [5.74, 6) is 0. The van der Waals surface area contributed by atoms with Crippen molar-refractivity contribution in [1.29, 1.82) is 0 Å². The van der Waals surface area contributed by atoms with E-state index in [1.54, 1.807) is 6.26 Å². The topological polar surface area (TPSA) is 18.5 Å². The number of hydrogen-bond donors (Lipinski definition) is 0. The van der Waals surface area contributed by atoms with Crippen molar-refractivity contribution in [2.75, 3.05) is 0 Å². The molecule has 0 amide bonds. The highest BCUT2D eigenvalue weighted by molar-refractivity contribution is 7.26. The van der Waals surface area contributed by atoms with Crippen LogP contribution in [0.15, 0.2) is 48.6 Å². The first-order valence-corrected chi connectivity index (χ1v) is 5.97. The number of fused-ring (bicyclic) bond motifs is 2. The summed E-state index contributed by atoms with van der Waals surface area (Å²) in [5, 5.41) is 2.29. The quantitative estimate of drug-likeness (QED) is 0.630. The van der Waals surface area contributed by atoms with Crippen molar-refractivity contribution >= 4 is 20.9 Å². The van der Waals surface area contributed by atoms with Crippen molar-refractivity contribution in [2.45, 2.75) is 6.10 Å². The van der Waals surface area contributed by atoms with E-state index in [-0.39, 0.29) is 15.1 Å². The Morgan fingerprint density at radius 2 is 2.06 bits per heavy atom. The normalized spacial score (nSPS) is 29.2. The van der Waals surface area contributed by atoms with E-state index >= 15 is 0 Å². The molecule has 0 saturated heterocycles. The van der Waals surface area contributed by atoms with Crippen molar-refractivity contribution in [2.24, 2.45) is 0 Å². The summed E-state index contributed by atoms with van der Waals surface area (Å²) in [6, 6.07) is 8.20. The van der Waals surface area contributed by atoms with Gasteiger partial charge in [-0.1, -0.05) is 48.6 Å². The molecule has 0 aromatic heterocycles. The molecule has 2 nitrogen and oxygen atoms in total. The highest BCUT2D eigenvalue weighted by Gasteiger charge is 2.14. The molecule has 2 unspecified atom stereocenters. The van der Waals surface area contributed by atoms with Gasteiger partial charge in [-0.25, -0.2) is 0 Å². The minimum Gasteiger partial charge on any atom is -0.457 e. The SMILES string of the molecule is C1=C/C2=c3\cccc\c3=C\OPOC2C=C1. The van der Waals surface area contributed by atoms with Crippen LogP contribution in [0.2, 0.25) is 0 Å². The second kappa shape index (κ2) is 4.25. The van der Waals surface area contributed by atoms with Crippen LogP contribution in [0, 0.1) is 0 Å². The maximum atomic E-state index is 5.64. The van der Waals surface area contributed by atoms with Crippen molar-refractivity contribution in [3.8, 4) is 0 Å². The van der Waals surface area contributed by atoms with Gasteiger partial charge in [0, 0.05) is 5.22 Å². The van der Waals surface area contributed by atoms with Gasteiger partial charge in [0.1, 0.15) is 6.10 Å². The van der Waals surface area contributed by atoms with Crippen LogP contribution < -0.4 is 10.4 Å². The molecule has 80 valence electrons. The fraction of sp³-hybridized carbons (Fsp3) is 0.0769. The van der Waals surface area contributed by atoms with Gasteiger partial charge < -0.3 is 9.05 Å². The van der Waals surface area contributed by atoms with E-state index in [1.807, 2.05) is 30.4 Å². The van der Waals surface area contributed by atoms with E-state index in [0.29, 0.717) is 0 Å². The average Bonchev–Trinajstić information content (AvgIpc) is 2.33. The first kappa shape index (κ1) is 9.83. The Bertz CT molecular complexity index is 572. The summed E-state index contributed by atoms with van der Waals surface area (Å²) >= 11 is 0. The van der Waals surface area contributed by atoms with Crippen LogP contribution in [0.25, 0.3) is 11.8 Å². The molecule has 1 aliphatic carbocycles. The van der Waals surface area contributed by atoms with E-state index < -0.39 is 0 Å². The Kier molecular flexibility index (Phi) is 2.61. The maximum absolute atomic E-state index is 5.64. The zero-order valence-electron chi connectivity index (χ0n) is 8.59. The summed E-state index contributed by atoms with van der Waals surface area (Å²) < 4.78 is 11.0.